The maximum atomic E-state index is 12.0. The second-order valence-electron chi connectivity index (χ2n) is 3.27. The highest BCUT2D eigenvalue weighted by Crippen LogP contribution is 2.31. The predicted octanol–water partition coefficient (Wildman–Crippen LogP) is 1.06. The Morgan fingerprint density at radius 3 is 2.75 bits per heavy atom. The summed E-state index contributed by atoms with van der Waals surface area (Å²) >= 11 is 0. The van der Waals surface area contributed by atoms with Crippen LogP contribution in [0.1, 0.15) is 12.1 Å². The molecular weight excluding hydrogens is 249 g/mol. The molecule has 0 N–H and O–H groups in total. The minimum atomic E-state index is -5.60. The van der Waals surface area contributed by atoms with E-state index in [9.17, 15) is 21.6 Å². The molecule has 0 aliphatic carbocycles. The van der Waals surface area contributed by atoms with Crippen LogP contribution in [0.5, 0.6) is 5.75 Å². The largest absolute Gasteiger partial charge is 0.534 e. The van der Waals surface area contributed by atoms with E-state index in [0.29, 0.717) is 25.1 Å². The maximum absolute atomic E-state index is 12.0. The van der Waals surface area contributed by atoms with Gasteiger partial charge in [-0.15, -0.1) is 0 Å². The number of halogens is 3. The van der Waals surface area contributed by atoms with E-state index in [1.54, 1.807) is 0 Å². The molecule has 1 aliphatic rings. The van der Waals surface area contributed by atoms with Crippen molar-refractivity contribution >= 4 is 10.1 Å². The lowest BCUT2D eigenvalue weighted by molar-refractivity contribution is -0.0500. The first-order chi connectivity index (χ1) is 7.31. The molecule has 0 atom stereocenters. The van der Waals surface area contributed by atoms with E-state index < -0.39 is 15.6 Å². The van der Waals surface area contributed by atoms with Gasteiger partial charge in [-0.3, -0.25) is 4.68 Å². The van der Waals surface area contributed by atoms with Crippen molar-refractivity contribution < 1.29 is 25.8 Å². The summed E-state index contributed by atoms with van der Waals surface area (Å²) in [6.07, 6.45) is 2.16. The summed E-state index contributed by atoms with van der Waals surface area (Å²) < 4.78 is 63.0. The number of alkyl halides is 3. The standard InChI is InChI=1S/C7H7F3N2O3S/c8-7(9,10)16(13,14)15-6-4-11-12-3-1-2-5(6)12/h4H,1-3H2. The molecule has 90 valence electrons. The van der Waals surface area contributed by atoms with Gasteiger partial charge in [0.25, 0.3) is 0 Å². The monoisotopic (exact) mass is 256 g/mol. The maximum Gasteiger partial charge on any atom is 0.534 e. The van der Waals surface area contributed by atoms with Crippen LogP contribution in [0.3, 0.4) is 0 Å². The van der Waals surface area contributed by atoms with E-state index in [-0.39, 0.29) is 5.75 Å². The fraction of sp³-hybridized carbons (Fsp3) is 0.571. The van der Waals surface area contributed by atoms with Crippen LogP contribution in [-0.2, 0) is 23.1 Å². The van der Waals surface area contributed by atoms with Gasteiger partial charge in [-0.05, 0) is 12.8 Å². The molecule has 1 aromatic heterocycles. The van der Waals surface area contributed by atoms with Crippen LogP contribution in [0.4, 0.5) is 13.2 Å². The minimum absolute atomic E-state index is 0.338. The van der Waals surface area contributed by atoms with Gasteiger partial charge in [-0.2, -0.15) is 26.7 Å². The van der Waals surface area contributed by atoms with Crippen molar-refractivity contribution in [2.24, 2.45) is 0 Å². The van der Waals surface area contributed by atoms with Gasteiger partial charge in [0, 0.05) is 6.54 Å². The van der Waals surface area contributed by atoms with E-state index in [2.05, 4.69) is 9.28 Å². The number of fused-ring (bicyclic) bond motifs is 1. The van der Waals surface area contributed by atoms with E-state index in [1.807, 2.05) is 0 Å². The van der Waals surface area contributed by atoms with Crippen LogP contribution in [0.25, 0.3) is 0 Å². The molecule has 9 heteroatoms. The highest BCUT2D eigenvalue weighted by Gasteiger charge is 2.49. The van der Waals surface area contributed by atoms with Gasteiger partial charge in [0.2, 0.25) is 0 Å². The summed E-state index contributed by atoms with van der Waals surface area (Å²) in [6.45, 7) is 0.560. The number of hydrogen-bond acceptors (Lipinski definition) is 4. The Morgan fingerprint density at radius 1 is 1.44 bits per heavy atom. The van der Waals surface area contributed by atoms with Gasteiger partial charge in [0.05, 0.1) is 11.9 Å². The van der Waals surface area contributed by atoms with Crippen molar-refractivity contribution in [3.8, 4) is 5.75 Å². The molecule has 2 heterocycles. The molecule has 0 spiro atoms. The van der Waals surface area contributed by atoms with Gasteiger partial charge < -0.3 is 4.18 Å². The Labute approximate surface area is 88.9 Å². The first-order valence-electron chi connectivity index (χ1n) is 4.37. The Morgan fingerprint density at radius 2 is 2.12 bits per heavy atom. The molecule has 1 aromatic rings. The lowest BCUT2D eigenvalue weighted by Crippen LogP contribution is -2.28. The minimum Gasteiger partial charge on any atom is -0.372 e. The average Bonchev–Trinajstić information content (AvgIpc) is 2.67. The van der Waals surface area contributed by atoms with E-state index >= 15 is 0 Å². The van der Waals surface area contributed by atoms with E-state index in [0.717, 1.165) is 6.20 Å². The molecule has 0 unspecified atom stereocenters. The molecule has 0 bridgehead atoms. The topological polar surface area (TPSA) is 61.2 Å². The summed E-state index contributed by atoms with van der Waals surface area (Å²) in [5, 5.41) is 3.72. The molecule has 2 rings (SSSR count). The highest BCUT2D eigenvalue weighted by molar-refractivity contribution is 7.88. The first-order valence-corrected chi connectivity index (χ1v) is 5.77. The lowest BCUT2D eigenvalue weighted by Gasteiger charge is -2.08. The molecular formula is C7H7F3N2O3S. The van der Waals surface area contributed by atoms with Crippen molar-refractivity contribution in [1.29, 1.82) is 0 Å². The molecule has 16 heavy (non-hydrogen) atoms. The number of rotatable bonds is 2. The molecule has 0 saturated carbocycles. The zero-order valence-corrected chi connectivity index (χ0v) is 8.68. The van der Waals surface area contributed by atoms with Crippen LogP contribution in [-0.4, -0.2) is 23.7 Å². The normalized spacial score (nSPS) is 16.2. The summed E-state index contributed by atoms with van der Waals surface area (Å²) in [7, 11) is -5.60. The van der Waals surface area contributed by atoms with Crippen molar-refractivity contribution in [2.45, 2.75) is 24.9 Å². The van der Waals surface area contributed by atoms with Gasteiger partial charge in [-0.25, -0.2) is 0 Å². The fourth-order valence-electron chi connectivity index (χ4n) is 1.47. The Bertz CT molecular complexity index is 505. The van der Waals surface area contributed by atoms with Crippen LogP contribution in [0, 0.1) is 0 Å². The third kappa shape index (κ3) is 1.75. The molecule has 0 radical (unpaired) electrons. The van der Waals surface area contributed by atoms with E-state index in [4.69, 9.17) is 0 Å². The third-order valence-electron chi connectivity index (χ3n) is 2.18. The second-order valence-corrected chi connectivity index (χ2v) is 4.80. The molecule has 0 fully saturated rings. The number of aryl methyl sites for hydroxylation is 1. The van der Waals surface area contributed by atoms with Gasteiger partial charge in [0.15, 0.2) is 5.75 Å². The quantitative estimate of drug-likeness (QED) is 0.586. The van der Waals surface area contributed by atoms with Crippen molar-refractivity contribution in [2.75, 3.05) is 0 Å². The van der Waals surface area contributed by atoms with Crippen LogP contribution in [0.15, 0.2) is 6.20 Å². The Hall–Kier alpha value is -1.25. The average molecular weight is 256 g/mol. The molecule has 1 aliphatic heterocycles. The third-order valence-corrected chi connectivity index (χ3v) is 3.14. The SMILES string of the molecule is O=S(=O)(Oc1cnn2c1CCC2)C(F)(F)F. The summed E-state index contributed by atoms with van der Waals surface area (Å²) in [6, 6.07) is 0. The van der Waals surface area contributed by atoms with Crippen LogP contribution >= 0.6 is 0 Å². The van der Waals surface area contributed by atoms with Crippen LogP contribution in [0.2, 0.25) is 0 Å². The zero-order valence-electron chi connectivity index (χ0n) is 7.86. The predicted molar refractivity (Wildman–Crippen MR) is 46.2 cm³/mol. The van der Waals surface area contributed by atoms with Crippen molar-refractivity contribution in [3.05, 3.63) is 11.9 Å². The number of nitrogens with zero attached hydrogens (tertiary/aromatic N) is 2. The first kappa shape index (κ1) is 11.2. The molecule has 0 aromatic carbocycles. The Balaban J connectivity index is 2.29. The molecule has 0 saturated heterocycles. The highest BCUT2D eigenvalue weighted by atomic mass is 32.2. The smallest absolute Gasteiger partial charge is 0.372 e. The van der Waals surface area contributed by atoms with Crippen molar-refractivity contribution in [3.63, 3.8) is 0 Å². The zero-order chi connectivity index (χ0) is 12.0. The summed E-state index contributed by atoms with van der Waals surface area (Å²) in [5.41, 5.74) is -5.03. The lowest BCUT2D eigenvalue weighted by atomic mass is 10.3. The van der Waals surface area contributed by atoms with E-state index in [1.165, 1.54) is 4.68 Å². The summed E-state index contributed by atoms with van der Waals surface area (Å²) in [4.78, 5) is 0. The van der Waals surface area contributed by atoms with Crippen molar-refractivity contribution in [1.82, 2.24) is 9.78 Å². The van der Waals surface area contributed by atoms with Gasteiger partial charge in [-0.1, -0.05) is 0 Å². The molecule has 0 amide bonds. The fourth-order valence-corrected chi connectivity index (χ4v) is 1.94. The number of aromatic nitrogens is 2. The Kier molecular flexibility index (Phi) is 2.37. The second kappa shape index (κ2) is 3.37. The van der Waals surface area contributed by atoms with Crippen LogP contribution < -0.4 is 4.18 Å². The van der Waals surface area contributed by atoms with Gasteiger partial charge in [0.1, 0.15) is 0 Å². The number of hydrogen-bond donors (Lipinski definition) is 0. The molecule has 5 nitrogen and oxygen atoms in total. The summed E-state index contributed by atoms with van der Waals surface area (Å²) in [5.74, 6) is -0.338. The van der Waals surface area contributed by atoms with Gasteiger partial charge >= 0.3 is 15.6 Å².